The third kappa shape index (κ3) is 4.44. The summed E-state index contributed by atoms with van der Waals surface area (Å²) in [6.45, 7) is 1.91. The zero-order valence-corrected chi connectivity index (χ0v) is 17.3. The molecule has 0 atom stereocenters. The number of hydrogen-bond acceptors (Lipinski definition) is 5. The van der Waals surface area contributed by atoms with Gasteiger partial charge in [-0.3, -0.25) is 4.79 Å². The van der Waals surface area contributed by atoms with Crippen molar-refractivity contribution in [3.8, 4) is 0 Å². The number of amides is 1. The van der Waals surface area contributed by atoms with Crippen molar-refractivity contribution in [1.29, 1.82) is 0 Å². The average molecular weight is 420 g/mol. The Morgan fingerprint density at radius 3 is 2.57 bits per heavy atom. The van der Waals surface area contributed by atoms with E-state index in [4.69, 9.17) is 0 Å². The van der Waals surface area contributed by atoms with Gasteiger partial charge >= 0.3 is 5.69 Å². The Labute approximate surface area is 177 Å². The Morgan fingerprint density at radius 1 is 1.07 bits per heavy atom. The number of hydrogen-bond donors (Lipinski definition) is 1. The fourth-order valence-electron chi connectivity index (χ4n) is 3.02. The van der Waals surface area contributed by atoms with Crippen molar-refractivity contribution in [2.75, 3.05) is 5.32 Å². The quantitative estimate of drug-likeness (QED) is 0.465. The average Bonchev–Trinajstić information content (AvgIpc) is 3.09. The van der Waals surface area contributed by atoms with Crippen molar-refractivity contribution in [2.24, 2.45) is 0 Å². The van der Waals surface area contributed by atoms with E-state index in [1.54, 1.807) is 12.4 Å². The standard InChI is InChI=1S/C22H21N5O2S/c1-2-16-8-10-18(11-9-16)24-19(28)14-27-22(29)26-13-12-23-21(20(26)25-27)30-15-17-6-4-3-5-7-17/h3-13H,2,14-15H2,1H3,(H,24,28). The molecule has 2 aromatic carbocycles. The van der Waals surface area contributed by atoms with Crippen LogP contribution in [0.3, 0.4) is 0 Å². The number of fused-ring (bicyclic) bond motifs is 1. The Hall–Kier alpha value is -3.39. The fraction of sp³-hybridized carbons (Fsp3) is 0.182. The summed E-state index contributed by atoms with van der Waals surface area (Å²) in [6.07, 6.45) is 4.07. The molecule has 7 nitrogen and oxygen atoms in total. The molecule has 2 aromatic heterocycles. The van der Waals surface area contributed by atoms with E-state index in [0.717, 1.165) is 12.0 Å². The Bertz CT molecular complexity index is 1220. The first-order chi connectivity index (χ1) is 14.6. The van der Waals surface area contributed by atoms with Gasteiger partial charge in [-0.2, -0.15) is 0 Å². The summed E-state index contributed by atoms with van der Waals surface area (Å²) in [4.78, 5) is 29.5. The van der Waals surface area contributed by atoms with Crippen molar-refractivity contribution in [3.05, 3.63) is 88.6 Å². The molecule has 0 aliphatic heterocycles. The van der Waals surface area contributed by atoms with Crippen LogP contribution in [0.5, 0.6) is 0 Å². The Kier molecular flexibility index (Phi) is 5.94. The van der Waals surface area contributed by atoms with Gasteiger partial charge in [0, 0.05) is 23.8 Å². The molecule has 0 fully saturated rings. The molecule has 0 aliphatic carbocycles. The molecule has 30 heavy (non-hydrogen) atoms. The first-order valence-corrected chi connectivity index (χ1v) is 10.6. The molecule has 1 amide bonds. The molecule has 0 saturated carbocycles. The highest BCUT2D eigenvalue weighted by Crippen LogP contribution is 2.23. The van der Waals surface area contributed by atoms with Gasteiger partial charge in [0.1, 0.15) is 11.6 Å². The second-order valence-electron chi connectivity index (χ2n) is 6.74. The molecule has 0 unspecified atom stereocenters. The van der Waals surface area contributed by atoms with Crippen molar-refractivity contribution in [1.82, 2.24) is 19.2 Å². The Morgan fingerprint density at radius 2 is 1.83 bits per heavy atom. The Balaban J connectivity index is 1.50. The molecule has 8 heteroatoms. The zero-order chi connectivity index (χ0) is 20.9. The zero-order valence-electron chi connectivity index (χ0n) is 16.5. The van der Waals surface area contributed by atoms with Crippen molar-refractivity contribution < 1.29 is 4.79 Å². The van der Waals surface area contributed by atoms with Crippen LogP contribution >= 0.6 is 11.8 Å². The monoisotopic (exact) mass is 419 g/mol. The fourth-order valence-corrected chi connectivity index (χ4v) is 3.92. The molecule has 0 aliphatic rings. The van der Waals surface area contributed by atoms with E-state index in [9.17, 15) is 9.59 Å². The van der Waals surface area contributed by atoms with Crippen LogP contribution < -0.4 is 11.0 Å². The number of nitrogens with zero attached hydrogens (tertiary/aromatic N) is 4. The number of thioether (sulfide) groups is 1. The summed E-state index contributed by atoms with van der Waals surface area (Å²) >= 11 is 1.50. The predicted molar refractivity (Wildman–Crippen MR) is 118 cm³/mol. The molecule has 0 saturated heterocycles. The second kappa shape index (κ2) is 8.96. The second-order valence-corrected chi connectivity index (χ2v) is 7.70. The first kappa shape index (κ1) is 19.9. The SMILES string of the molecule is CCc1ccc(NC(=O)Cn2nc3c(SCc4ccccc4)nccn3c2=O)cc1. The summed E-state index contributed by atoms with van der Waals surface area (Å²) in [5.41, 5.74) is 3.11. The maximum absolute atomic E-state index is 12.7. The highest BCUT2D eigenvalue weighted by atomic mass is 32.2. The van der Waals surface area contributed by atoms with Crippen LogP contribution in [0.4, 0.5) is 5.69 Å². The number of aryl methyl sites for hydroxylation is 1. The minimum atomic E-state index is -0.370. The lowest BCUT2D eigenvalue weighted by atomic mass is 10.1. The minimum Gasteiger partial charge on any atom is -0.324 e. The summed E-state index contributed by atoms with van der Waals surface area (Å²) in [5, 5.41) is 7.81. The smallest absolute Gasteiger partial charge is 0.324 e. The third-order valence-electron chi connectivity index (χ3n) is 4.63. The highest BCUT2D eigenvalue weighted by molar-refractivity contribution is 7.98. The minimum absolute atomic E-state index is 0.168. The predicted octanol–water partition coefficient (Wildman–Crippen LogP) is 3.38. The van der Waals surface area contributed by atoms with E-state index in [0.29, 0.717) is 22.1 Å². The van der Waals surface area contributed by atoms with Crippen LogP contribution in [0.25, 0.3) is 5.65 Å². The first-order valence-electron chi connectivity index (χ1n) is 9.63. The van der Waals surface area contributed by atoms with Crippen LogP contribution in [-0.4, -0.2) is 25.1 Å². The third-order valence-corrected chi connectivity index (χ3v) is 5.67. The molecule has 0 radical (unpaired) electrons. The van der Waals surface area contributed by atoms with Gasteiger partial charge in [0.05, 0.1) is 0 Å². The van der Waals surface area contributed by atoms with E-state index in [1.165, 1.54) is 26.4 Å². The number of anilines is 1. The van der Waals surface area contributed by atoms with Crippen molar-refractivity contribution >= 4 is 29.0 Å². The van der Waals surface area contributed by atoms with Gasteiger partial charge in [-0.25, -0.2) is 18.9 Å². The summed E-state index contributed by atoms with van der Waals surface area (Å²) in [6, 6.07) is 17.7. The lowest BCUT2D eigenvalue weighted by molar-refractivity contribution is -0.117. The number of carbonyl (C=O) groups excluding carboxylic acids is 1. The van der Waals surface area contributed by atoms with Gasteiger partial charge in [-0.15, -0.1) is 5.10 Å². The van der Waals surface area contributed by atoms with Gasteiger partial charge in [0.25, 0.3) is 0 Å². The number of rotatable bonds is 7. The molecule has 4 aromatic rings. The normalized spacial score (nSPS) is 11.0. The van der Waals surface area contributed by atoms with Gasteiger partial charge < -0.3 is 5.32 Å². The molecule has 4 rings (SSSR count). The van der Waals surface area contributed by atoms with E-state index in [-0.39, 0.29) is 18.1 Å². The molecule has 0 bridgehead atoms. The molecule has 1 N–H and O–H groups in total. The number of carbonyl (C=O) groups is 1. The van der Waals surface area contributed by atoms with Gasteiger partial charge in [0.2, 0.25) is 5.91 Å². The van der Waals surface area contributed by atoms with Crippen molar-refractivity contribution in [3.63, 3.8) is 0 Å². The lowest BCUT2D eigenvalue weighted by Gasteiger charge is -2.05. The highest BCUT2D eigenvalue weighted by Gasteiger charge is 2.15. The van der Waals surface area contributed by atoms with E-state index >= 15 is 0 Å². The molecule has 0 spiro atoms. The van der Waals surface area contributed by atoms with Gasteiger partial charge in [0.15, 0.2) is 5.65 Å². The van der Waals surface area contributed by atoms with Gasteiger partial charge in [-0.1, -0.05) is 61.2 Å². The van der Waals surface area contributed by atoms with Crippen LogP contribution in [0, 0.1) is 0 Å². The van der Waals surface area contributed by atoms with Crippen LogP contribution in [0.2, 0.25) is 0 Å². The van der Waals surface area contributed by atoms with E-state index in [1.807, 2.05) is 54.6 Å². The number of aromatic nitrogens is 4. The van der Waals surface area contributed by atoms with E-state index < -0.39 is 0 Å². The lowest BCUT2D eigenvalue weighted by Crippen LogP contribution is -2.28. The number of benzene rings is 2. The van der Waals surface area contributed by atoms with Crippen LogP contribution in [0.15, 0.2) is 76.8 Å². The molecular weight excluding hydrogens is 398 g/mol. The summed E-state index contributed by atoms with van der Waals surface area (Å²) in [7, 11) is 0. The topological polar surface area (TPSA) is 81.3 Å². The number of nitrogens with one attached hydrogen (secondary N) is 1. The van der Waals surface area contributed by atoms with Crippen LogP contribution in [-0.2, 0) is 23.5 Å². The molecule has 152 valence electrons. The van der Waals surface area contributed by atoms with Crippen LogP contribution in [0.1, 0.15) is 18.1 Å². The van der Waals surface area contributed by atoms with Crippen molar-refractivity contribution in [2.45, 2.75) is 30.7 Å². The summed E-state index contributed by atoms with van der Waals surface area (Å²) < 4.78 is 2.59. The maximum atomic E-state index is 12.7. The molecular formula is C22H21N5O2S. The maximum Gasteiger partial charge on any atom is 0.350 e. The molecule has 2 heterocycles. The largest absolute Gasteiger partial charge is 0.350 e. The van der Waals surface area contributed by atoms with Gasteiger partial charge in [-0.05, 0) is 29.7 Å². The summed E-state index contributed by atoms with van der Waals surface area (Å²) in [5.74, 6) is 0.402. The van der Waals surface area contributed by atoms with E-state index in [2.05, 4.69) is 22.3 Å².